The van der Waals surface area contributed by atoms with Gasteiger partial charge in [-0.1, -0.05) is 59.7 Å². The molecule has 0 saturated heterocycles. The number of Topliss-reactive ketones (excluding diaryl/α,β-unsaturated/α-hetero) is 1. The van der Waals surface area contributed by atoms with Gasteiger partial charge in [-0.3, -0.25) is 4.79 Å². The summed E-state index contributed by atoms with van der Waals surface area (Å²) >= 11 is 1.51. The van der Waals surface area contributed by atoms with Gasteiger partial charge in [-0.2, -0.15) is 0 Å². The lowest BCUT2D eigenvalue weighted by Gasteiger charge is -2.28. The van der Waals surface area contributed by atoms with Crippen molar-refractivity contribution in [3.8, 4) is 16.9 Å². The zero-order valence-corrected chi connectivity index (χ0v) is 18.0. The summed E-state index contributed by atoms with van der Waals surface area (Å²) in [4.78, 5) is 12.6. The van der Waals surface area contributed by atoms with Crippen LogP contribution in [0.15, 0.2) is 36.4 Å². The molecule has 0 spiro atoms. The standard InChI is InChI=1S/C24H28O2S/c1-14(25)21-13-17-16(9-8-10-20(17)27-21)22-18(24(5,6)7)11-15(12-19(22)26)23(2,3)4/h8-13,26H,1-7H3. The van der Waals surface area contributed by atoms with Crippen molar-refractivity contribution in [3.63, 3.8) is 0 Å². The molecule has 3 aromatic rings. The van der Waals surface area contributed by atoms with Crippen molar-refractivity contribution in [2.45, 2.75) is 59.3 Å². The minimum atomic E-state index is -0.129. The fourth-order valence-electron chi connectivity index (χ4n) is 3.39. The molecule has 2 aromatic carbocycles. The van der Waals surface area contributed by atoms with Gasteiger partial charge in [-0.25, -0.2) is 0 Å². The van der Waals surface area contributed by atoms with E-state index in [0.717, 1.165) is 37.2 Å². The molecule has 0 aliphatic rings. The third-order valence-corrected chi connectivity index (χ3v) is 6.17. The lowest BCUT2D eigenvalue weighted by atomic mass is 9.76. The predicted octanol–water partition coefficient (Wildman–Crippen LogP) is 7.07. The van der Waals surface area contributed by atoms with Gasteiger partial charge in [0.1, 0.15) is 5.75 Å². The molecule has 3 rings (SSSR count). The molecule has 0 fully saturated rings. The maximum Gasteiger partial charge on any atom is 0.169 e. The van der Waals surface area contributed by atoms with Crippen LogP contribution in [0, 0.1) is 0 Å². The first-order valence-corrected chi connectivity index (χ1v) is 10.1. The number of hydrogen-bond acceptors (Lipinski definition) is 3. The topological polar surface area (TPSA) is 37.3 Å². The molecule has 0 aliphatic carbocycles. The second kappa shape index (κ2) is 6.49. The fourth-order valence-corrected chi connectivity index (χ4v) is 4.37. The third-order valence-electron chi connectivity index (χ3n) is 4.97. The number of hydrogen-bond donors (Lipinski definition) is 1. The molecule has 2 nitrogen and oxygen atoms in total. The van der Waals surface area contributed by atoms with Crippen LogP contribution in [0.1, 0.15) is 69.3 Å². The minimum Gasteiger partial charge on any atom is -0.507 e. The van der Waals surface area contributed by atoms with Crippen LogP contribution < -0.4 is 0 Å². The summed E-state index contributed by atoms with van der Waals surface area (Å²) in [6.45, 7) is 14.6. The molecule has 1 heterocycles. The number of rotatable bonds is 2. The number of carbonyl (C=O) groups is 1. The molecule has 0 radical (unpaired) electrons. The molecule has 0 saturated carbocycles. The van der Waals surface area contributed by atoms with Crippen molar-refractivity contribution in [1.82, 2.24) is 0 Å². The van der Waals surface area contributed by atoms with Gasteiger partial charge in [0.15, 0.2) is 5.78 Å². The molecule has 0 bridgehead atoms. The second-order valence-electron chi connectivity index (χ2n) is 9.30. The van der Waals surface area contributed by atoms with Crippen LogP contribution in [0.25, 0.3) is 21.2 Å². The monoisotopic (exact) mass is 380 g/mol. The van der Waals surface area contributed by atoms with Gasteiger partial charge >= 0.3 is 0 Å². The molecule has 3 heteroatoms. The van der Waals surface area contributed by atoms with Crippen molar-refractivity contribution < 1.29 is 9.90 Å². The molecule has 0 amide bonds. The highest BCUT2D eigenvalue weighted by Gasteiger charge is 2.26. The van der Waals surface area contributed by atoms with Crippen LogP contribution in [0.5, 0.6) is 5.75 Å². The zero-order valence-electron chi connectivity index (χ0n) is 17.2. The lowest BCUT2D eigenvalue weighted by molar-refractivity contribution is 0.102. The Labute approximate surface area is 165 Å². The minimum absolute atomic E-state index is 0.0494. The molecular weight excluding hydrogens is 352 g/mol. The number of phenols is 1. The number of fused-ring (bicyclic) bond motifs is 1. The van der Waals surface area contributed by atoms with E-state index in [1.54, 1.807) is 6.92 Å². The largest absolute Gasteiger partial charge is 0.507 e. The van der Waals surface area contributed by atoms with Gasteiger partial charge in [0.25, 0.3) is 0 Å². The Morgan fingerprint density at radius 1 is 0.963 bits per heavy atom. The average Bonchev–Trinajstić information content (AvgIpc) is 2.97. The lowest BCUT2D eigenvalue weighted by Crippen LogP contribution is -2.17. The summed E-state index contributed by atoms with van der Waals surface area (Å²) in [5.74, 6) is 0.376. The fraction of sp³-hybridized carbons (Fsp3) is 0.375. The van der Waals surface area contributed by atoms with Crippen molar-refractivity contribution in [3.05, 3.63) is 52.4 Å². The quantitative estimate of drug-likeness (QED) is 0.483. The third kappa shape index (κ3) is 3.66. The van der Waals surface area contributed by atoms with Gasteiger partial charge in [-0.05, 0) is 52.6 Å². The van der Waals surface area contributed by atoms with E-state index in [1.807, 2.05) is 30.3 Å². The predicted molar refractivity (Wildman–Crippen MR) is 116 cm³/mol. The van der Waals surface area contributed by atoms with Gasteiger partial charge in [0.05, 0.1) is 4.88 Å². The molecule has 27 heavy (non-hydrogen) atoms. The zero-order chi connectivity index (χ0) is 20.1. The molecule has 0 unspecified atom stereocenters. The van der Waals surface area contributed by atoms with E-state index in [9.17, 15) is 9.90 Å². The van der Waals surface area contributed by atoms with Gasteiger partial charge in [0.2, 0.25) is 0 Å². The van der Waals surface area contributed by atoms with Crippen LogP contribution in [0.4, 0.5) is 0 Å². The van der Waals surface area contributed by atoms with Crippen LogP contribution >= 0.6 is 11.3 Å². The summed E-state index contributed by atoms with van der Waals surface area (Å²) < 4.78 is 1.07. The van der Waals surface area contributed by atoms with Gasteiger partial charge in [0, 0.05) is 15.6 Å². The van der Waals surface area contributed by atoms with Gasteiger partial charge in [-0.15, -0.1) is 11.3 Å². The smallest absolute Gasteiger partial charge is 0.169 e. The Morgan fingerprint density at radius 2 is 1.63 bits per heavy atom. The molecule has 1 N–H and O–H groups in total. The van der Waals surface area contributed by atoms with E-state index in [0.29, 0.717) is 5.75 Å². The highest BCUT2D eigenvalue weighted by atomic mass is 32.1. The molecular formula is C24H28O2S. The van der Waals surface area contributed by atoms with Crippen LogP contribution in [0.3, 0.4) is 0 Å². The molecule has 142 valence electrons. The first kappa shape index (κ1) is 19.6. The average molecular weight is 381 g/mol. The summed E-state index contributed by atoms with van der Waals surface area (Å²) in [6.07, 6.45) is 0. The molecule has 1 aromatic heterocycles. The van der Waals surface area contributed by atoms with Crippen LogP contribution in [-0.4, -0.2) is 10.9 Å². The van der Waals surface area contributed by atoms with E-state index in [2.05, 4.69) is 47.6 Å². The van der Waals surface area contributed by atoms with E-state index in [4.69, 9.17) is 0 Å². The Hall–Kier alpha value is -2.13. The van der Waals surface area contributed by atoms with E-state index in [-0.39, 0.29) is 16.6 Å². The maximum atomic E-state index is 11.9. The summed E-state index contributed by atoms with van der Waals surface area (Å²) in [6, 6.07) is 12.2. The second-order valence-corrected chi connectivity index (χ2v) is 10.4. The first-order chi connectivity index (χ1) is 12.4. The van der Waals surface area contributed by atoms with Crippen molar-refractivity contribution in [2.75, 3.05) is 0 Å². The summed E-state index contributed by atoms with van der Waals surface area (Å²) in [5, 5.41) is 12.1. The highest BCUT2D eigenvalue weighted by molar-refractivity contribution is 7.20. The number of thiophene rings is 1. The normalized spacial score (nSPS) is 12.6. The molecule has 0 aliphatic heterocycles. The SMILES string of the molecule is CC(=O)c1cc2c(-c3c(O)cc(C(C)(C)C)cc3C(C)(C)C)cccc2s1. The van der Waals surface area contributed by atoms with Crippen LogP contribution in [0.2, 0.25) is 0 Å². The van der Waals surface area contributed by atoms with E-state index < -0.39 is 0 Å². The Kier molecular flexibility index (Phi) is 4.72. The first-order valence-electron chi connectivity index (χ1n) is 9.31. The van der Waals surface area contributed by atoms with E-state index >= 15 is 0 Å². The Balaban J connectivity index is 2.38. The highest BCUT2D eigenvalue weighted by Crippen LogP contribution is 2.45. The number of ketones is 1. The Morgan fingerprint density at radius 3 is 2.19 bits per heavy atom. The van der Waals surface area contributed by atoms with Gasteiger partial charge < -0.3 is 5.11 Å². The molecule has 0 atom stereocenters. The van der Waals surface area contributed by atoms with Crippen molar-refractivity contribution >= 4 is 27.2 Å². The summed E-state index contributed by atoms with van der Waals surface area (Å²) in [5.41, 5.74) is 3.92. The van der Waals surface area contributed by atoms with Crippen molar-refractivity contribution in [2.24, 2.45) is 0 Å². The van der Waals surface area contributed by atoms with E-state index in [1.165, 1.54) is 11.3 Å². The van der Waals surface area contributed by atoms with Crippen LogP contribution in [-0.2, 0) is 10.8 Å². The number of aromatic hydroxyl groups is 1. The summed E-state index contributed by atoms with van der Waals surface area (Å²) in [7, 11) is 0. The number of carbonyl (C=O) groups excluding carboxylic acids is 1. The number of phenolic OH excluding ortho intramolecular Hbond substituents is 1. The van der Waals surface area contributed by atoms with Crippen molar-refractivity contribution in [1.29, 1.82) is 0 Å². The Bertz CT molecular complexity index is 1030. The maximum absolute atomic E-state index is 11.9. The number of benzene rings is 2.